The van der Waals surface area contributed by atoms with Crippen molar-refractivity contribution in [1.82, 2.24) is 9.88 Å². The van der Waals surface area contributed by atoms with Gasteiger partial charge in [0, 0.05) is 25.2 Å². The molecule has 7 nitrogen and oxygen atoms in total. The quantitative estimate of drug-likeness (QED) is 0.663. The number of nitrogens with zero attached hydrogens (tertiary/aromatic N) is 4. The predicted molar refractivity (Wildman–Crippen MR) is 78.2 cm³/mol. The first-order valence-corrected chi connectivity index (χ1v) is 7.80. The van der Waals surface area contributed by atoms with Gasteiger partial charge in [-0.15, -0.1) is 0 Å². The Bertz CT molecular complexity index is 486. The highest BCUT2D eigenvalue weighted by Gasteiger charge is 2.31. The molecule has 1 aromatic rings. The molecule has 110 valence electrons. The second-order valence-electron chi connectivity index (χ2n) is 5.50. The van der Waals surface area contributed by atoms with Gasteiger partial charge in [-0.25, -0.2) is 4.98 Å². The third-order valence-electron chi connectivity index (χ3n) is 4.19. The van der Waals surface area contributed by atoms with Gasteiger partial charge >= 0.3 is 5.00 Å². The smallest absolute Gasteiger partial charge is 0.345 e. The van der Waals surface area contributed by atoms with Crippen LogP contribution in [-0.4, -0.2) is 53.1 Å². The molecule has 1 atom stereocenters. The molecule has 20 heavy (non-hydrogen) atoms. The molecule has 0 radical (unpaired) electrons. The molecule has 2 aliphatic heterocycles. The zero-order valence-corrected chi connectivity index (χ0v) is 12.1. The number of nitrogens with two attached hydrogens (primary N) is 1. The van der Waals surface area contributed by atoms with Gasteiger partial charge in [0.05, 0.1) is 4.92 Å². The molecule has 3 rings (SSSR count). The van der Waals surface area contributed by atoms with Crippen LogP contribution < -0.4 is 10.6 Å². The second-order valence-corrected chi connectivity index (χ2v) is 6.49. The molecule has 0 aromatic carbocycles. The van der Waals surface area contributed by atoms with E-state index in [2.05, 4.69) is 14.8 Å². The van der Waals surface area contributed by atoms with E-state index in [4.69, 9.17) is 5.73 Å². The van der Waals surface area contributed by atoms with Crippen LogP contribution in [0.2, 0.25) is 0 Å². The highest BCUT2D eigenvalue weighted by molar-refractivity contribution is 7.18. The van der Waals surface area contributed by atoms with Gasteiger partial charge in [0.15, 0.2) is 5.13 Å². The summed E-state index contributed by atoms with van der Waals surface area (Å²) < 4.78 is 0. The SMILES string of the molecule is NC1CCN(C2CCN(c3ncc([N+](=O)[O-])s3)C2)CC1. The standard InChI is InChI=1S/C12H19N5O2S/c13-9-1-4-15(5-2-9)10-3-6-16(8-10)12-14-7-11(20-12)17(18)19/h7,9-10H,1-6,8,13H2. The molecule has 2 saturated heterocycles. The molecule has 2 fully saturated rings. The molecule has 0 spiro atoms. The summed E-state index contributed by atoms with van der Waals surface area (Å²) in [6, 6.07) is 0.885. The molecule has 0 amide bonds. The number of anilines is 1. The monoisotopic (exact) mass is 297 g/mol. The van der Waals surface area contributed by atoms with Crippen molar-refractivity contribution in [2.75, 3.05) is 31.1 Å². The summed E-state index contributed by atoms with van der Waals surface area (Å²) in [7, 11) is 0. The summed E-state index contributed by atoms with van der Waals surface area (Å²) >= 11 is 1.16. The minimum atomic E-state index is -0.374. The summed E-state index contributed by atoms with van der Waals surface area (Å²) in [6.07, 6.45) is 4.59. The third kappa shape index (κ3) is 2.77. The lowest BCUT2D eigenvalue weighted by Crippen LogP contribution is -2.46. The van der Waals surface area contributed by atoms with Crippen molar-refractivity contribution < 1.29 is 4.92 Å². The zero-order chi connectivity index (χ0) is 14.1. The van der Waals surface area contributed by atoms with Crippen molar-refractivity contribution in [3.05, 3.63) is 16.3 Å². The molecule has 0 saturated carbocycles. The number of hydrogen-bond donors (Lipinski definition) is 1. The van der Waals surface area contributed by atoms with E-state index in [9.17, 15) is 10.1 Å². The summed E-state index contributed by atoms with van der Waals surface area (Å²) in [4.78, 5) is 19.2. The third-order valence-corrected chi connectivity index (χ3v) is 5.20. The lowest BCUT2D eigenvalue weighted by Gasteiger charge is -2.34. The summed E-state index contributed by atoms with van der Waals surface area (Å²) in [5.74, 6) is 0. The van der Waals surface area contributed by atoms with E-state index in [1.54, 1.807) is 0 Å². The largest absolute Gasteiger partial charge is 0.346 e. The van der Waals surface area contributed by atoms with Crippen molar-refractivity contribution in [1.29, 1.82) is 0 Å². The van der Waals surface area contributed by atoms with Gasteiger partial charge in [0.1, 0.15) is 6.20 Å². The number of nitro groups is 1. The van der Waals surface area contributed by atoms with Crippen LogP contribution in [0.1, 0.15) is 19.3 Å². The zero-order valence-electron chi connectivity index (χ0n) is 11.3. The van der Waals surface area contributed by atoms with Gasteiger partial charge in [-0.05, 0) is 43.7 Å². The van der Waals surface area contributed by atoms with Gasteiger partial charge in [-0.3, -0.25) is 15.0 Å². The van der Waals surface area contributed by atoms with Gasteiger partial charge in [0.2, 0.25) is 0 Å². The Morgan fingerprint density at radius 2 is 2.10 bits per heavy atom. The first-order chi connectivity index (χ1) is 9.63. The number of rotatable bonds is 3. The summed E-state index contributed by atoms with van der Waals surface area (Å²) in [6.45, 7) is 3.98. The van der Waals surface area contributed by atoms with Crippen LogP contribution in [-0.2, 0) is 0 Å². The fourth-order valence-electron chi connectivity index (χ4n) is 2.99. The van der Waals surface area contributed by atoms with Crippen molar-refractivity contribution in [2.24, 2.45) is 5.73 Å². The second kappa shape index (κ2) is 5.63. The Hall–Kier alpha value is -1.25. The van der Waals surface area contributed by atoms with Gasteiger partial charge in [-0.2, -0.15) is 0 Å². The first-order valence-electron chi connectivity index (χ1n) is 6.98. The minimum absolute atomic E-state index is 0.118. The average molecular weight is 297 g/mol. The molecule has 1 aromatic heterocycles. The van der Waals surface area contributed by atoms with Gasteiger partial charge < -0.3 is 10.6 Å². The number of aromatic nitrogens is 1. The average Bonchev–Trinajstić information content (AvgIpc) is 3.08. The molecule has 3 heterocycles. The summed E-state index contributed by atoms with van der Waals surface area (Å²) in [5, 5.41) is 11.6. The van der Waals surface area contributed by atoms with E-state index in [0.717, 1.165) is 61.9 Å². The van der Waals surface area contributed by atoms with E-state index in [1.807, 2.05) is 0 Å². The van der Waals surface area contributed by atoms with Crippen LogP contribution in [0, 0.1) is 10.1 Å². The number of likely N-dealkylation sites (tertiary alicyclic amines) is 1. The lowest BCUT2D eigenvalue weighted by atomic mass is 10.0. The highest BCUT2D eigenvalue weighted by atomic mass is 32.1. The van der Waals surface area contributed by atoms with Crippen LogP contribution >= 0.6 is 11.3 Å². The maximum Gasteiger partial charge on any atom is 0.345 e. The Balaban J connectivity index is 1.60. The molecular weight excluding hydrogens is 278 g/mol. The minimum Gasteiger partial charge on any atom is -0.346 e. The topological polar surface area (TPSA) is 88.5 Å². The van der Waals surface area contributed by atoms with Crippen molar-refractivity contribution >= 4 is 21.5 Å². The van der Waals surface area contributed by atoms with Crippen molar-refractivity contribution in [2.45, 2.75) is 31.3 Å². The Morgan fingerprint density at radius 1 is 1.35 bits per heavy atom. The first kappa shape index (κ1) is 13.7. The molecular formula is C12H19N5O2S. The maximum absolute atomic E-state index is 10.7. The predicted octanol–water partition coefficient (Wildman–Crippen LogP) is 1.05. The van der Waals surface area contributed by atoms with Crippen LogP contribution in [0.3, 0.4) is 0 Å². The van der Waals surface area contributed by atoms with Crippen molar-refractivity contribution in [3.8, 4) is 0 Å². The summed E-state index contributed by atoms with van der Waals surface area (Å²) in [5.41, 5.74) is 5.94. The Morgan fingerprint density at radius 3 is 2.75 bits per heavy atom. The molecule has 0 aliphatic carbocycles. The van der Waals surface area contributed by atoms with E-state index in [-0.39, 0.29) is 9.92 Å². The van der Waals surface area contributed by atoms with Crippen LogP contribution in [0.25, 0.3) is 0 Å². The van der Waals surface area contributed by atoms with Gasteiger partial charge in [-0.1, -0.05) is 0 Å². The van der Waals surface area contributed by atoms with E-state index in [1.165, 1.54) is 6.20 Å². The van der Waals surface area contributed by atoms with E-state index in [0.29, 0.717) is 12.1 Å². The van der Waals surface area contributed by atoms with Crippen LogP contribution in [0.15, 0.2) is 6.20 Å². The number of hydrogen-bond acceptors (Lipinski definition) is 7. The Labute approximate surface area is 121 Å². The molecule has 0 bridgehead atoms. The molecule has 2 aliphatic rings. The molecule has 1 unspecified atom stereocenters. The maximum atomic E-state index is 10.7. The normalized spacial score (nSPS) is 25.2. The Kier molecular flexibility index (Phi) is 3.86. The van der Waals surface area contributed by atoms with Crippen molar-refractivity contribution in [3.63, 3.8) is 0 Å². The van der Waals surface area contributed by atoms with E-state index < -0.39 is 0 Å². The number of piperidine rings is 1. The van der Waals surface area contributed by atoms with E-state index >= 15 is 0 Å². The highest BCUT2D eigenvalue weighted by Crippen LogP contribution is 2.31. The fraction of sp³-hybridized carbons (Fsp3) is 0.750. The fourth-order valence-corrected chi connectivity index (χ4v) is 3.75. The van der Waals surface area contributed by atoms with Crippen LogP contribution in [0.5, 0.6) is 0 Å². The lowest BCUT2D eigenvalue weighted by molar-refractivity contribution is -0.380. The molecule has 2 N–H and O–H groups in total. The van der Waals surface area contributed by atoms with Gasteiger partial charge in [0.25, 0.3) is 0 Å². The van der Waals surface area contributed by atoms with Crippen LogP contribution in [0.4, 0.5) is 10.1 Å². The molecule has 8 heteroatoms. The number of thiazole rings is 1.